The van der Waals surface area contributed by atoms with E-state index in [9.17, 15) is 0 Å². The highest BCUT2D eigenvalue weighted by Crippen LogP contribution is 2.24. The van der Waals surface area contributed by atoms with E-state index in [2.05, 4.69) is 20.5 Å². The lowest BCUT2D eigenvalue weighted by Crippen LogP contribution is -2.37. The Kier molecular flexibility index (Phi) is 8.39. The van der Waals surface area contributed by atoms with Crippen LogP contribution in [0.4, 0.5) is 0 Å². The fraction of sp³-hybridized carbons (Fsp3) is 0.632. The molecule has 140 valence electrons. The zero-order valence-electron chi connectivity index (χ0n) is 15.8. The summed E-state index contributed by atoms with van der Waals surface area (Å²) in [5, 5.41) is 6.72. The van der Waals surface area contributed by atoms with Crippen molar-refractivity contribution in [2.24, 2.45) is 4.99 Å². The highest BCUT2D eigenvalue weighted by atomic mass is 16.5. The van der Waals surface area contributed by atoms with Crippen molar-refractivity contribution in [2.45, 2.75) is 32.2 Å². The topological polar surface area (TPSA) is 58.1 Å². The molecule has 0 aliphatic carbocycles. The van der Waals surface area contributed by atoms with Gasteiger partial charge in [-0.25, -0.2) is 0 Å². The summed E-state index contributed by atoms with van der Waals surface area (Å²) in [6.07, 6.45) is 5.12. The van der Waals surface area contributed by atoms with Crippen LogP contribution in [-0.2, 0) is 6.54 Å². The van der Waals surface area contributed by atoms with Gasteiger partial charge in [-0.3, -0.25) is 4.99 Å². The molecule has 0 atom stereocenters. The summed E-state index contributed by atoms with van der Waals surface area (Å²) in [5.41, 5.74) is 1.07. The van der Waals surface area contributed by atoms with Gasteiger partial charge < -0.3 is 25.0 Å². The van der Waals surface area contributed by atoms with Gasteiger partial charge in [-0.15, -0.1) is 0 Å². The van der Waals surface area contributed by atoms with Gasteiger partial charge in [0.2, 0.25) is 0 Å². The highest BCUT2D eigenvalue weighted by molar-refractivity contribution is 5.79. The summed E-state index contributed by atoms with van der Waals surface area (Å²) in [4.78, 5) is 6.84. The predicted molar refractivity (Wildman–Crippen MR) is 103 cm³/mol. The summed E-state index contributed by atoms with van der Waals surface area (Å²) in [6, 6.07) is 5.84. The maximum atomic E-state index is 5.43. The number of nitrogens with one attached hydrogen (secondary N) is 2. The maximum Gasteiger partial charge on any atom is 0.191 e. The maximum absolute atomic E-state index is 5.43. The second-order valence-corrected chi connectivity index (χ2v) is 6.29. The molecule has 1 heterocycles. The van der Waals surface area contributed by atoms with Gasteiger partial charge in [0.25, 0.3) is 0 Å². The first-order chi connectivity index (χ1) is 12.3. The molecule has 0 amide bonds. The van der Waals surface area contributed by atoms with Crippen molar-refractivity contribution in [1.82, 2.24) is 15.5 Å². The lowest BCUT2D eigenvalue weighted by molar-refractivity contribution is 0.330. The fourth-order valence-corrected chi connectivity index (χ4v) is 3.07. The summed E-state index contributed by atoms with van der Waals surface area (Å²) in [5.74, 6) is 2.42. The summed E-state index contributed by atoms with van der Waals surface area (Å²) in [7, 11) is 5.12. The molecule has 1 fully saturated rings. The molecule has 1 aromatic carbocycles. The largest absolute Gasteiger partial charge is 0.497 e. The third-order valence-corrected chi connectivity index (χ3v) is 4.56. The van der Waals surface area contributed by atoms with Gasteiger partial charge in [0.05, 0.1) is 14.2 Å². The lowest BCUT2D eigenvalue weighted by Gasteiger charge is -2.16. The number of hydrogen-bond acceptors (Lipinski definition) is 4. The van der Waals surface area contributed by atoms with E-state index in [1.165, 1.54) is 38.9 Å². The zero-order valence-corrected chi connectivity index (χ0v) is 15.8. The van der Waals surface area contributed by atoms with Crippen molar-refractivity contribution in [1.29, 1.82) is 0 Å². The van der Waals surface area contributed by atoms with Crippen LogP contribution in [0.15, 0.2) is 23.2 Å². The van der Waals surface area contributed by atoms with Gasteiger partial charge in [-0.1, -0.05) is 0 Å². The second-order valence-electron chi connectivity index (χ2n) is 6.29. The van der Waals surface area contributed by atoms with E-state index in [0.29, 0.717) is 6.54 Å². The molecule has 0 saturated carbocycles. The van der Waals surface area contributed by atoms with Crippen LogP contribution >= 0.6 is 0 Å². The third-order valence-electron chi connectivity index (χ3n) is 4.56. The number of aliphatic imine (C=N–C) groups is 1. The molecule has 2 rings (SSSR count). The molecule has 1 aromatic rings. The molecule has 6 heteroatoms. The third kappa shape index (κ3) is 6.46. The molecule has 25 heavy (non-hydrogen) atoms. The lowest BCUT2D eigenvalue weighted by atomic mass is 10.2. The van der Waals surface area contributed by atoms with Gasteiger partial charge in [-0.05, 0) is 57.5 Å². The predicted octanol–water partition coefficient (Wildman–Crippen LogP) is 2.24. The second kappa shape index (κ2) is 10.8. The van der Waals surface area contributed by atoms with E-state index >= 15 is 0 Å². The number of benzene rings is 1. The first-order valence-corrected chi connectivity index (χ1v) is 9.14. The standard InChI is InChI=1S/C19H32N4O2/c1-20-19(21-10-4-5-11-23-12-6-7-13-23)22-15-16-8-9-17(24-2)14-18(16)25-3/h8-9,14H,4-7,10-13,15H2,1-3H3,(H2,20,21,22). The molecular weight excluding hydrogens is 316 g/mol. The van der Waals surface area contributed by atoms with Crippen molar-refractivity contribution in [2.75, 3.05) is 47.4 Å². The fourth-order valence-electron chi connectivity index (χ4n) is 3.07. The molecule has 1 aliphatic rings. The number of rotatable bonds is 9. The van der Waals surface area contributed by atoms with Crippen LogP contribution in [0.5, 0.6) is 11.5 Å². The van der Waals surface area contributed by atoms with Crippen LogP contribution in [0.1, 0.15) is 31.2 Å². The number of unbranched alkanes of at least 4 members (excludes halogenated alkanes) is 1. The van der Waals surface area contributed by atoms with Gasteiger partial charge in [0.1, 0.15) is 11.5 Å². The molecule has 0 unspecified atom stereocenters. The quantitative estimate of drug-likeness (QED) is 0.407. The Hall–Kier alpha value is -1.95. The first-order valence-electron chi connectivity index (χ1n) is 9.14. The Morgan fingerprint density at radius 3 is 2.60 bits per heavy atom. The van der Waals surface area contributed by atoms with E-state index < -0.39 is 0 Å². The van der Waals surface area contributed by atoms with E-state index in [-0.39, 0.29) is 0 Å². The van der Waals surface area contributed by atoms with E-state index in [1.54, 1.807) is 21.3 Å². The van der Waals surface area contributed by atoms with E-state index in [0.717, 1.165) is 36.0 Å². The minimum atomic E-state index is 0.653. The van der Waals surface area contributed by atoms with E-state index in [4.69, 9.17) is 9.47 Å². The van der Waals surface area contributed by atoms with Gasteiger partial charge in [0.15, 0.2) is 5.96 Å². The molecule has 0 aromatic heterocycles. The van der Waals surface area contributed by atoms with Crippen molar-refractivity contribution < 1.29 is 9.47 Å². The van der Waals surface area contributed by atoms with Crippen LogP contribution in [0.2, 0.25) is 0 Å². The summed E-state index contributed by atoms with van der Waals surface area (Å²) >= 11 is 0. The van der Waals surface area contributed by atoms with Crippen LogP contribution in [-0.4, -0.2) is 58.3 Å². The van der Waals surface area contributed by atoms with Gasteiger partial charge in [0, 0.05) is 31.8 Å². The number of guanidine groups is 1. The van der Waals surface area contributed by atoms with Crippen molar-refractivity contribution >= 4 is 5.96 Å². The Balaban J connectivity index is 1.69. The van der Waals surface area contributed by atoms with E-state index in [1.807, 2.05) is 18.2 Å². The van der Waals surface area contributed by atoms with Crippen molar-refractivity contribution in [3.63, 3.8) is 0 Å². The Bertz CT molecular complexity index is 542. The minimum Gasteiger partial charge on any atom is -0.497 e. The first kappa shape index (κ1) is 19.4. The number of methoxy groups -OCH3 is 2. The molecule has 2 N–H and O–H groups in total. The van der Waals surface area contributed by atoms with Crippen molar-refractivity contribution in [3.05, 3.63) is 23.8 Å². The molecule has 0 radical (unpaired) electrons. The molecule has 6 nitrogen and oxygen atoms in total. The summed E-state index contributed by atoms with van der Waals surface area (Å²) < 4.78 is 10.7. The number of ether oxygens (including phenoxy) is 2. The minimum absolute atomic E-state index is 0.653. The smallest absolute Gasteiger partial charge is 0.191 e. The number of hydrogen-bond donors (Lipinski definition) is 2. The Morgan fingerprint density at radius 1 is 1.12 bits per heavy atom. The van der Waals surface area contributed by atoms with Crippen LogP contribution < -0.4 is 20.1 Å². The number of likely N-dealkylation sites (tertiary alicyclic amines) is 1. The molecule has 0 bridgehead atoms. The zero-order chi connectivity index (χ0) is 17.9. The SMILES string of the molecule is CN=C(NCCCCN1CCCC1)NCc1ccc(OC)cc1OC. The molecule has 1 aliphatic heterocycles. The van der Waals surface area contributed by atoms with Crippen LogP contribution in [0.3, 0.4) is 0 Å². The Morgan fingerprint density at radius 2 is 1.92 bits per heavy atom. The number of nitrogens with zero attached hydrogens (tertiary/aromatic N) is 2. The average molecular weight is 348 g/mol. The average Bonchev–Trinajstić information content (AvgIpc) is 3.17. The highest BCUT2D eigenvalue weighted by Gasteiger charge is 2.10. The molecular formula is C19H32N4O2. The monoisotopic (exact) mass is 348 g/mol. The summed E-state index contributed by atoms with van der Waals surface area (Å²) in [6.45, 7) is 5.37. The van der Waals surface area contributed by atoms with Crippen molar-refractivity contribution in [3.8, 4) is 11.5 Å². The van der Waals surface area contributed by atoms with Gasteiger partial charge in [-0.2, -0.15) is 0 Å². The van der Waals surface area contributed by atoms with Gasteiger partial charge >= 0.3 is 0 Å². The molecule has 1 saturated heterocycles. The van der Waals surface area contributed by atoms with Crippen LogP contribution in [0.25, 0.3) is 0 Å². The molecule has 0 spiro atoms. The Labute approximate surface area is 151 Å². The normalized spacial score (nSPS) is 15.2. The van der Waals surface area contributed by atoms with Crippen LogP contribution in [0, 0.1) is 0 Å².